The van der Waals surface area contributed by atoms with Crippen molar-refractivity contribution in [3.63, 3.8) is 0 Å². The number of rotatable bonds is 3. The third-order valence-electron chi connectivity index (χ3n) is 3.63. The molecule has 1 atom stereocenters. The van der Waals surface area contributed by atoms with Crippen LogP contribution in [0.5, 0.6) is 0 Å². The van der Waals surface area contributed by atoms with Crippen molar-refractivity contribution in [2.45, 2.75) is 26.2 Å². The predicted molar refractivity (Wildman–Crippen MR) is 86.3 cm³/mol. The Morgan fingerprint density at radius 3 is 2.86 bits per heavy atom. The summed E-state index contributed by atoms with van der Waals surface area (Å²) < 4.78 is 0. The summed E-state index contributed by atoms with van der Waals surface area (Å²) >= 11 is 1.54. The monoisotopic (exact) mass is 296 g/mol. The van der Waals surface area contributed by atoms with E-state index in [-0.39, 0.29) is 0 Å². The van der Waals surface area contributed by atoms with Crippen LogP contribution in [-0.4, -0.2) is 10.7 Å². The van der Waals surface area contributed by atoms with Gasteiger partial charge in [0.2, 0.25) is 5.13 Å². The van der Waals surface area contributed by atoms with E-state index in [2.05, 4.69) is 28.5 Å². The molecule has 3 rings (SSSR count). The smallest absolute Gasteiger partial charge is 0.203 e. The Hall–Kier alpha value is -2.19. The molecule has 1 aliphatic carbocycles. The minimum Gasteiger partial charge on any atom is -0.253 e. The highest BCUT2D eigenvalue weighted by atomic mass is 32.1. The number of benzene rings is 1. The van der Waals surface area contributed by atoms with Crippen LogP contribution in [0.2, 0.25) is 0 Å². The molecule has 1 aromatic carbocycles. The van der Waals surface area contributed by atoms with Gasteiger partial charge in [0, 0.05) is 16.7 Å². The average Bonchev–Trinajstić information content (AvgIpc) is 3.14. The van der Waals surface area contributed by atoms with E-state index in [0.29, 0.717) is 5.56 Å². The first-order chi connectivity index (χ1) is 10.2. The molecule has 0 radical (unpaired) electrons. The van der Waals surface area contributed by atoms with Crippen LogP contribution < -0.4 is 5.43 Å². The number of nitriles is 1. The average molecular weight is 296 g/mol. The van der Waals surface area contributed by atoms with E-state index < -0.39 is 0 Å². The molecular weight excluding hydrogens is 280 g/mol. The molecule has 1 unspecified atom stereocenters. The summed E-state index contributed by atoms with van der Waals surface area (Å²) in [5.41, 5.74) is 6.88. The van der Waals surface area contributed by atoms with Gasteiger partial charge >= 0.3 is 0 Å². The molecule has 0 amide bonds. The molecule has 0 bridgehead atoms. The van der Waals surface area contributed by atoms with Gasteiger partial charge in [0.05, 0.1) is 17.3 Å². The van der Waals surface area contributed by atoms with Crippen LogP contribution in [0, 0.1) is 17.2 Å². The minimum absolute atomic E-state index is 0.661. The molecule has 1 N–H and O–H groups in total. The van der Waals surface area contributed by atoms with E-state index in [9.17, 15) is 0 Å². The number of nitrogens with one attached hydrogen (secondary N) is 1. The van der Waals surface area contributed by atoms with Crippen LogP contribution in [0.3, 0.4) is 0 Å². The Labute approximate surface area is 128 Å². The van der Waals surface area contributed by atoms with Crippen molar-refractivity contribution in [1.82, 2.24) is 4.98 Å². The number of hydrazone groups is 1. The summed E-state index contributed by atoms with van der Waals surface area (Å²) in [5, 5.41) is 16.1. The zero-order valence-corrected chi connectivity index (χ0v) is 12.7. The fraction of sp³-hybridized carbons (Fsp3) is 0.312. The highest BCUT2D eigenvalue weighted by molar-refractivity contribution is 7.14. The van der Waals surface area contributed by atoms with E-state index >= 15 is 0 Å². The molecule has 106 valence electrons. The maximum atomic E-state index is 8.81. The molecule has 0 saturated heterocycles. The highest BCUT2D eigenvalue weighted by Crippen LogP contribution is 2.26. The van der Waals surface area contributed by atoms with Crippen molar-refractivity contribution < 1.29 is 0 Å². The van der Waals surface area contributed by atoms with Gasteiger partial charge < -0.3 is 0 Å². The van der Waals surface area contributed by atoms with Gasteiger partial charge in [-0.3, -0.25) is 5.43 Å². The summed E-state index contributed by atoms with van der Waals surface area (Å²) in [7, 11) is 0. The maximum Gasteiger partial charge on any atom is 0.203 e. The standard InChI is InChI=1S/C16H16N4S/c1-11-2-7-14(8-11)19-20-16-18-15(10-21-16)13-5-3-12(9-17)4-6-13/h3-6,10-11H,2,7-8H2,1H3,(H,18,20)/b19-14-. The molecule has 0 spiro atoms. The minimum atomic E-state index is 0.661. The first kappa shape index (κ1) is 13.8. The summed E-state index contributed by atoms with van der Waals surface area (Å²) in [6.45, 7) is 2.26. The quantitative estimate of drug-likeness (QED) is 0.860. The molecule has 0 aliphatic heterocycles. The van der Waals surface area contributed by atoms with Crippen LogP contribution in [0.15, 0.2) is 34.7 Å². The van der Waals surface area contributed by atoms with Gasteiger partial charge in [0.15, 0.2) is 0 Å². The number of anilines is 1. The summed E-state index contributed by atoms with van der Waals surface area (Å²) in [4.78, 5) is 4.53. The normalized spacial score (nSPS) is 19.6. The molecule has 21 heavy (non-hydrogen) atoms. The molecule has 1 aliphatic rings. The lowest BCUT2D eigenvalue weighted by Crippen LogP contribution is -1.97. The van der Waals surface area contributed by atoms with E-state index in [1.165, 1.54) is 12.1 Å². The zero-order valence-electron chi connectivity index (χ0n) is 11.8. The SMILES string of the molecule is CC1CC/C(=N/Nc2nc(-c3ccc(C#N)cc3)cs2)C1. The number of hydrogen-bond donors (Lipinski definition) is 1. The number of hydrogen-bond acceptors (Lipinski definition) is 5. The topological polar surface area (TPSA) is 61.1 Å². The van der Waals surface area contributed by atoms with Crippen molar-refractivity contribution >= 4 is 22.2 Å². The lowest BCUT2D eigenvalue weighted by atomic mass is 10.1. The van der Waals surface area contributed by atoms with Gasteiger partial charge in [-0.15, -0.1) is 11.3 Å². The highest BCUT2D eigenvalue weighted by Gasteiger charge is 2.16. The fourth-order valence-corrected chi connectivity index (χ4v) is 3.08. The van der Waals surface area contributed by atoms with Crippen LogP contribution >= 0.6 is 11.3 Å². The second-order valence-electron chi connectivity index (χ2n) is 5.36. The Bertz CT molecular complexity index is 694. The molecule has 5 heteroatoms. The van der Waals surface area contributed by atoms with E-state index in [1.807, 2.05) is 29.6 Å². The van der Waals surface area contributed by atoms with E-state index in [4.69, 9.17) is 5.26 Å². The van der Waals surface area contributed by atoms with Gasteiger partial charge in [-0.05, 0) is 37.3 Å². The predicted octanol–water partition coefficient (Wildman–Crippen LogP) is 4.27. The van der Waals surface area contributed by atoms with Gasteiger partial charge in [-0.2, -0.15) is 10.4 Å². The van der Waals surface area contributed by atoms with Crippen molar-refractivity contribution in [3.05, 3.63) is 35.2 Å². The van der Waals surface area contributed by atoms with Crippen molar-refractivity contribution in [2.24, 2.45) is 11.0 Å². The van der Waals surface area contributed by atoms with E-state index in [0.717, 1.165) is 35.1 Å². The Kier molecular flexibility index (Phi) is 3.98. The second kappa shape index (κ2) is 6.06. The van der Waals surface area contributed by atoms with E-state index in [1.54, 1.807) is 11.3 Å². The molecular formula is C16H16N4S. The lowest BCUT2D eigenvalue weighted by Gasteiger charge is -1.98. The summed E-state index contributed by atoms with van der Waals surface area (Å²) in [5.74, 6) is 0.746. The second-order valence-corrected chi connectivity index (χ2v) is 6.22. The van der Waals surface area contributed by atoms with Crippen LogP contribution in [-0.2, 0) is 0 Å². The molecule has 4 nitrogen and oxygen atoms in total. The van der Waals surface area contributed by atoms with Crippen LogP contribution in [0.4, 0.5) is 5.13 Å². The van der Waals surface area contributed by atoms with Gasteiger partial charge in [-0.25, -0.2) is 4.98 Å². The van der Waals surface area contributed by atoms with Crippen molar-refractivity contribution in [3.8, 4) is 17.3 Å². The van der Waals surface area contributed by atoms with Gasteiger partial charge in [0.25, 0.3) is 0 Å². The number of aromatic nitrogens is 1. The van der Waals surface area contributed by atoms with Crippen molar-refractivity contribution in [1.29, 1.82) is 5.26 Å². The first-order valence-electron chi connectivity index (χ1n) is 7.02. The summed E-state index contributed by atoms with van der Waals surface area (Å²) in [6, 6.07) is 9.57. The Morgan fingerprint density at radius 1 is 1.38 bits per heavy atom. The number of nitrogens with zero attached hydrogens (tertiary/aromatic N) is 3. The van der Waals surface area contributed by atoms with Crippen LogP contribution in [0.25, 0.3) is 11.3 Å². The third-order valence-corrected chi connectivity index (χ3v) is 4.38. The fourth-order valence-electron chi connectivity index (χ4n) is 2.42. The molecule has 1 aromatic heterocycles. The van der Waals surface area contributed by atoms with Gasteiger partial charge in [0.1, 0.15) is 0 Å². The Morgan fingerprint density at radius 2 is 2.19 bits per heavy atom. The number of thiazole rings is 1. The molecule has 1 fully saturated rings. The molecule has 1 heterocycles. The third kappa shape index (κ3) is 3.29. The molecule has 2 aromatic rings. The summed E-state index contributed by atoms with van der Waals surface area (Å²) in [6.07, 6.45) is 3.40. The first-order valence-corrected chi connectivity index (χ1v) is 7.90. The molecule has 1 saturated carbocycles. The lowest BCUT2D eigenvalue weighted by molar-refractivity contribution is 0.623. The van der Waals surface area contributed by atoms with Gasteiger partial charge in [-0.1, -0.05) is 19.1 Å². The maximum absolute atomic E-state index is 8.81. The van der Waals surface area contributed by atoms with Crippen molar-refractivity contribution in [2.75, 3.05) is 5.43 Å². The Balaban J connectivity index is 1.70. The van der Waals surface area contributed by atoms with Crippen LogP contribution in [0.1, 0.15) is 31.7 Å². The largest absolute Gasteiger partial charge is 0.253 e. The zero-order chi connectivity index (χ0) is 14.7.